The molecular formula is C17H18Cl2N2O2. The fourth-order valence-corrected chi connectivity index (χ4v) is 2.98. The van der Waals surface area contributed by atoms with E-state index in [0.717, 1.165) is 11.1 Å². The number of halogens is 2. The van der Waals surface area contributed by atoms with Crippen molar-refractivity contribution in [3.8, 4) is 5.75 Å². The standard InChI is InChI=1S/C17H18Cl2N2O2/c1-10-6-4-5-7-13(10)11(2)20-17(22)21-12-8-14(18)16(23-3)15(19)9-12/h4-9,11H,1-3H3,(H2,20,21,22). The fourth-order valence-electron chi connectivity index (χ4n) is 2.34. The smallest absolute Gasteiger partial charge is 0.319 e. The van der Waals surface area contributed by atoms with Crippen LogP contribution >= 0.6 is 23.2 Å². The Morgan fingerprint density at radius 1 is 1.17 bits per heavy atom. The second-order valence-corrected chi connectivity index (χ2v) is 5.96. The predicted octanol–water partition coefficient (Wildman–Crippen LogP) is 5.19. The van der Waals surface area contributed by atoms with Crippen molar-refractivity contribution in [1.29, 1.82) is 0 Å². The third-order valence-corrected chi connectivity index (χ3v) is 4.02. The number of carbonyl (C=O) groups excluding carboxylic acids is 1. The van der Waals surface area contributed by atoms with Gasteiger partial charge in [0.25, 0.3) is 0 Å². The van der Waals surface area contributed by atoms with Crippen LogP contribution < -0.4 is 15.4 Å². The van der Waals surface area contributed by atoms with E-state index in [0.29, 0.717) is 21.5 Å². The van der Waals surface area contributed by atoms with Gasteiger partial charge in [-0.15, -0.1) is 0 Å². The van der Waals surface area contributed by atoms with Gasteiger partial charge in [-0.05, 0) is 37.1 Å². The first-order valence-corrected chi connectivity index (χ1v) is 7.84. The summed E-state index contributed by atoms with van der Waals surface area (Å²) in [5, 5.41) is 6.28. The molecule has 0 aliphatic heterocycles. The van der Waals surface area contributed by atoms with E-state index in [2.05, 4.69) is 10.6 Å². The minimum atomic E-state index is -0.335. The average molecular weight is 353 g/mol. The number of ether oxygens (including phenoxy) is 1. The zero-order valence-electron chi connectivity index (χ0n) is 13.1. The second kappa shape index (κ2) is 7.57. The number of nitrogens with one attached hydrogen (secondary N) is 2. The maximum Gasteiger partial charge on any atom is 0.319 e. The molecule has 2 amide bonds. The first kappa shape index (κ1) is 17.4. The van der Waals surface area contributed by atoms with Crippen LogP contribution in [0, 0.1) is 6.92 Å². The van der Waals surface area contributed by atoms with Crippen molar-refractivity contribution in [3.63, 3.8) is 0 Å². The number of hydrogen-bond acceptors (Lipinski definition) is 2. The number of amides is 2. The Morgan fingerprint density at radius 3 is 2.35 bits per heavy atom. The van der Waals surface area contributed by atoms with E-state index in [-0.39, 0.29) is 12.1 Å². The number of methoxy groups -OCH3 is 1. The van der Waals surface area contributed by atoms with Crippen molar-refractivity contribution >= 4 is 34.9 Å². The molecule has 0 aromatic heterocycles. The van der Waals surface area contributed by atoms with Gasteiger partial charge in [0.05, 0.1) is 23.2 Å². The summed E-state index contributed by atoms with van der Waals surface area (Å²) >= 11 is 12.1. The maximum absolute atomic E-state index is 12.1. The number of benzene rings is 2. The molecule has 0 heterocycles. The summed E-state index contributed by atoms with van der Waals surface area (Å²) in [5.41, 5.74) is 2.68. The fraction of sp³-hybridized carbons (Fsp3) is 0.235. The summed E-state index contributed by atoms with van der Waals surface area (Å²) < 4.78 is 5.08. The lowest BCUT2D eigenvalue weighted by Gasteiger charge is -2.17. The highest BCUT2D eigenvalue weighted by Gasteiger charge is 2.13. The summed E-state index contributed by atoms with van der Waals surface area (Å²) in [5.74, 6) is 0.382. The van der Waals surface area contributed by atoms with Gasteiger partial charge in [0.1, 0.15) is 0 Å². The molecule has 0 radical (unpaired) electrons. The lowest BCUT2D eigenvalue weighted by molar-refractivity contribution is 0.249. The minimum Gasteiger partial charge on any atom is -0.494 e. The topological polar surface area (TPSA) is 50.4 Å². The summed E-state index contributed by atoms with van der Waals surface area (Å²) in [6.07, 6.45) is 0. The molecule has 1 unspecified atom stereocenters. The molecule has 0 bridgehead atoms. The minimum absolute atomic E-state index is 0.125. The van der Waals surface area contributed by atoms with Gasteiger partial charge in [-0.25, -0.2) is 4.79 Å². The predicted molar refractivity (Wildman–Crippen MR) is 94.8 cm³/mol. The Bertz CT molecular complexity index is 696. The van der Waals surface area contributed by atoms with Gasteiger partial charge in [-0.2, -0.15) is 0 Å². The first-order valence-electron chi connectivity index (χ1n) is 7.08. The van der Waals surface area contributed by atoms with Crippen molar-refractivity contribution in [2.24, 2.45) is 0 Å². The van der Waals surface area contributed by atoms with Crippen LogP contribution in [0.3, 0.4) is 0 Å². The Labute approximate surface area is 145 Å². The van der Waals surface area contributed by atoms with Crippen molar-refractivity contribution in [1.82, 2.24) is 5.32 Å². The van der Waals surface area contributed by atoms with Crippen molar-refractivity contribution < 1.29 is 9.53 Å². The normalized spacial score (nSPS) is 11.7. The van der Waals surface area contributed by atoms with Gasteiger partial charge >= 0.3 is 6.03 Å². The molecule has 2 aromatic carbocycles. The average Bonchev–Trinajstić information content (AvgIpc) is 2.47. The van der Waals surface area contributed by atoms with E-state index in [1.165, 1.54) is 7.11 Å². The van der Waals surface area contributed by atoms with Gasteiger partial charge in [0.2, 0.25) is 0 Å². The van der Waals surface area contributed by atoms with Crippen LogP contribution in [-0.2, 0) is 0 Å². The van der Waals surface area contributed by atoms with E-state index in [1.807, 2.05) is 38.1 Å². The van der Waals surface area contributed by atoms with E-state index in [1.54, 1.807) is 12.1 Å². The zero-order chi connectivity index (χ0) is 17.0. The molecule has 0 fully saturated rings. The molecule has 0 saturated carbocycles. The highest BCUT2D eigenvalue weighted by molar-refractivity contribution is 6.37. The van der Waals surface area contributed by atoms with Crippen LogP contribution in [-0.4, -0.2) is 13.1 Å². The van der Waals surface area contributed by atoms with Crippen LogP contribution in [0.1, 0.15) is 24.1 Å². The van der Waals surface area contributed by atoms with Crippen molar-refractivity contribution in [2.75, 3.05) is 12.4 Å². The molecule has 0 aliphatic carbocycles. The highest BCUT2D eigenvalue weighted by atomic mass is 35.5. The third kappa shape index (κ3) is 4.30. The molecule has 122 valence electrons. The van der Waals surface area contributed by atoms with E-state index < -0.39 is 0 Å². The Balaban J connectivity index is 2.07. The summed E-state index contributed by atoms with van der Waals surface area (Å²) in [6.45, 7) is 3.93. The van der Waals surface area contributed by atoms with Crippen LogP contribution in [0.25, 0.3) is 0 Å². The number of carbonyl (C=O) groups is 1. The van der Waals surface area contributed by atoms with Gasteiger partial charge in [0, 0.05) is 5.69 Å². The van der Waals surface area contributed by atoms with Crippen LogP contribution in [0.2, 0.25) is 10.0 Å². The lowest BCUT2D eigenvalue weighted by atomic mass is 10.0. The quantitative estimate of drug-likeness (QED) is 0.794. The van der Waals surface area contributed by atoms with E-state index in [9.17, 15) is 4.79 Å². The molecule has 2 rings (SSSR count). The molecule has 0 saturated heterocycles. The lowest BCUT2D eigenvalue weighted by Crippen LogP contribution is -2.31. The molecule has 6 heteroatoms. The highest BCUT2D eigenvalue weighted by Crippen LogP contribution is 2.35. The molecular weight excluding hydrogens is 335 g/mol. The van der Waals surface area contributed by atoms with E-state index in [4.69, 9.17) is 27.9 Å². The summed E-state index contributed by atoms with van der Waals surface area (Å²) in [7, 11) is 1.48. The monoisotopic (exact) mass is 352 g/mol. The summed E-state index contributed by atoms with van der Waals surface area (Å²) in [6, 6.07) is 10.6. The Morgan fingerprint density at radius 2 is 1.78 bits per heavy atom. The largest absolute Gasteiger partial charge is 0.494 e. The Kier molecular flexibility index (Phi) is 5.74. The third-order valence-electron chi connectivity index (χ3n) is 3.46. The maximum atomic E-state index is 12.1. The zero-order valence-corrected chi connectivity index (χ0v) is 14.6. The molecule has 4 nitrogen and oxygen atoms in total. The molecule has 2 aromatic rings. The van der Waals surface area contributed by atoms with Crippen molar-refractivity contribution in [3.05, 3.63) is 57.6 Å². The molecule has 0 aliphatic rings. The second-order valence-electron chi connectivity index (χ2n) is 5.15. The molecule has 1 atom stereocenters. The van der Waals surface area contributed by atoms with Crippen LogP contribution in [0.4, 0.5) is 10.5 Å². The van der Waals surface area contributed by atoms with Gasteiger partial charge in [-0.3, -0.25) is 0 Å². The first-order chi connectivity index (χ1) is 10.9. The number of hydrogen-bond donors (Lipinski definition) is 2. The SMILES string of the molecule is COc1c(Cl)cc(NC(=O)NC(C)c2ccccc2C)cc1Cl. The van der Waals surface area contributed by atoms with Gasteiger partial charge < -0.3 is 15.4 Å². The number of aryl methyl sites for hydroxylation is 1. The van der Waals surface area contributed by atoms with Crippen molar-refractivity contribution in [2.45, 2.75) is 19.9 Å². The van der Waals surface area contributed by atoms with E-state index >= 15 is 0 Å². The summed E-state index contributed by atoms with van der Waals surface area (Å²) in [4.78, 5) is 12.1. The molecule has 0 spiro atoms. The molecule has 23 heavy (non-hydrogen) atoms. The molecule has 2 N–H and O–H groups in total. The number of rotatable bonds is 4. The Hall–Kier alpha value is -1.91. The van der Waals surface area contributed by atoms with Crippen LogP contribution in [0.5, 0.6) is 5.75 Å². The number of anilines is 1. The van der Waals surface area contributed by atoms with Crippen LogP contribution in [0.15, 0.2) is 36.4 Å². The van der Waals surface area contributed by atoms with Gasteiger partial charge in [0.15, 0.2) is 5.75 Å². The number of urea groups is 1. The van der Waals surface area contributed by atoms with Gasteiger partial charge in [-0.1, -0.05) is 47.5 Å².